The number of amides is 1. The molecule has 0 bridgehead atoms. The van der Waals surface area contributed by atoms with Gasteiger partial charge < -0.3 is 10.6 Å². The highest BCUT2D eigenvalue weighted by Gasteiger charge is 2.19. The molecule has 0 atom stereocenters. The smallest absolute Gasteiger partial charge is 0.295 e. The number of rotatable bonds is 6. The molecule has 0 aliphatic heterocycles. The van der Waals surface area contributed by atoms with E-state index >= 15 is 0 Å². The van der Waals surface area contributed by atoms with Crippen LogP contribution in [0.1, 0.15) is 23.0 Å². The van der Waals surface area contributed by atoms with Gasteiger partial charge >= 0.3 is 0 Å². The highest BCUT2D eigenvalue weighted by Crippen LogP contribution is 2.22. The van der Waals surface area contributed by atoms with E-state index in [9.17, 15) is 17.8 Å². The van der Waals surface area contributed by atoms with E-state index in [1.807, 2.05) is 19.1 Å². The van der Waals surface area contributed by atoms with Gasteiger partial charge in [-0.05, 0) is 42.8 Å². The number of nitrogens with one attached hydrogen (secondary N) is 2. The molecular formula is C21H19N5O4S. The third kappa shape index (κ3) is 4.39. The van der Waals surface area contributed by atoms with Crippen molar-refractivity contribution in [2.75, 3.05) is 10.6 Å². The van der Waals surface area contributed by atoms with Gasteiger partial charge in [0.2, 0.25) is 0 Å². The largest absolute Gasteiger partial charge is 0.340 e. The lowest BCUT2D eigenvalue weighted by atomic mass is 10.2. The molecule has 10 heteroatoms. The van der Waals surface area contributed by atoms with Crippen LogP contribution in [0, 0.1) is 0 Å². The summed E-state index contributed by atoms with van der Waals surface area (Å²) in [6, 6.07) is 16.1. The number of nitrogens with zero attached hydrogens (tertiary/aromatic N) is 3. The molecule has 1 amide bonds. The molecule has 2 heterocycles. The fraction of sp³-hybridized carbons (Fsp3) is 0.0952. The van der Waals surface area contributed by atoms with Crippen molar-refractivity contribution in [3.63, 3.8) is 0 Å². The second-order valence-corrected chi connectivity index (χ2v) is 8.11. The first-order valence-electron chi connectivity index (χ1n) is 9.44. The Kier molecular flexibility index (Phi) is 5.40. The molecule has 0 radical (unpaired) electrons. The molecule has 2 aromatic heterocycles. The average Bonchev–Trinajstić information content (AvgIpc) is 3.23. The van der Waals surface area contributed by atoms with Crippen LogP contribution in [0.15, 0.2) is 71.8 Å². The summed E-state index contributed by atoms with van der Waals surface area (Å²) in [5.74, 6) is 0.111. The Labute approximate surface area is 178 Å². The molecule has 0 unspecified atom stereocenters. The van der Waals surface area contributed by atoms with E-state index in [0.717, 1.165) is 29.3 Å². The lowest BCUT2D eigenvalue weighted by Gasteiger charge is -2.12. The number of aryl methyl sites for hydroxylation is 1. The average molecular weight is 437 g/mol. The van der Waals surface area contributed by atoms with Crippen molar-refractivity contribution in [1.82, 2.24) is 14.6 Å². The molecule has 0 fully saturated rings. The molecule has 4 rings (SSSR count). The SMILES string of the molecule is CCc1cc(Nc2ccc(NC(=O)c3ccccc3S(=O)(=O)O)cc2)n2nccc2n1. The van der Waals surface area contributed by atoms with Crippen LogP contribution in [0.3, 0.4) is 0 Å². The topological polar surface area (TPSA) is 126 Å². The third-order valence-electron chi connectivity index (χ3n) is 4.60. The second kappa shape index (κ2) is 8.17. The van der Waals surface area contributed by atoms with Crippen LogP contribution in [-0.4, -0.2) is 33.5 Å². The Bertz CT molecular complexity index is 1360. The van der Waals surface area contributed by atoms with E-state index in [0.29, 0.717) is 5.69 Å². The number of carbonyl (C=O) groups excluding carboxylic acids is 1. The van der Waals surface area contributed by atoms with Crippen molar-refractivity contribution < 1.29 is 17.8 Å². The number of carbonyl (C=O) groups is 1. The van der Waals surface area contributed by atoms with Gasteiger partial charge in [0.05, 0.1) is 11.8 Å². The number of anilines is 3. The molecule has 2 aromatic carbocycles. The van der Waals surface area contributed by atoms with Crippen molar-refractivity contribution in [1.29, 1.82) is 0 Å². The van der Waals surface area contributed by atoms with E-state index in [1.54, 1.807) is 35.0 Å². The zero-order valence-electron chi connectivity index (χ0n) is 16.5. The Morgan fingerprint density at radius 3 is 2.48 bits per heavy atom. The van der Waals surface area contributed by atoms with Crippen LogP contribution >= 0.6 is 0 Å². The monoisotopic (exact) mass is 437 g/mol. The van der Waals surface area contributed by atoms with Gasteiger partial charge in [-0.2, -0.15) is 18.0 Å². The maximum atomic E-state index is 12.5. The Morgan fingerprint density at radius 2 is 1.77 bits per heavy atom. The molecule has 0 aliphatic rings. The van der Waals surface area contributed by atoms with Crippen molar-refractivity contribution >= 4 is 38.9 Å². The Morgan fingerprint density at radius 1 is 1.06 bits per heavy atom. The Balaban J connectivity index is 1.54. The van der Waals surface area contributed by atoms with E-state index in [2.05, 4.69) is 20.7 Å². The van der Waals surface area contributed by atoms with Crippen LogP contribution in [0.2, 0.25) is 0 Å². The first-order chi connectivity index (χ1) is 14.8. The van der Waals surface area contributed by atoms with Gasteiger partial charge in [0.15, 0.2) is 5.65 Å². The molecule has 0 aliphatic carbocycles. The van der Waals surface area contributed by atoms with Crippen molar-refractivity contribution in [2.45, 2.75) is 18.2 Å². The van der Waals surface area contributed by atoms with Gasteiger partial charge in [0.1, 0.15) is 10.7 Å². The standard InChI is InChI=1S/C21H19N5O4S/c1-2-14-13-20(26-19(23-14)11-12-22-26)24-15-7-9-16(10-8-15)25-21(27)17-5-3-4-6-18(17)31(28,29)30/h3-13,24H,2H2,1H3,(H,25,27)(H,28,29,30). The molecule has 9 nitrogen and oxygen atoms in total. The second-order valence-electron chi connectivity index (χ2n) is 6.72. The van der Waals surface area contributed by atoms with Crippen LogP contribution in [0.4, 0.5) is 17.2 Å². The van der Waals surface area contributed by atoms with Crippen molar-refractivity contribution in [3.8, 4) is 0 Å². The summed E-state index contributed by atoms with van der Waals surface area (Å²) in [7, 11) is -4.52. The third-order valence-corrected chi connectivity index (χ3v) is 5.51. The van der Waals surface area contributed by atoms with Crippen LogP contribution < -0.4 is 10.6 Å². The van der Waals surface area contributed by atoms with Gasteiger partial charge in [-0.1, -0.05) is 19.1 Å². The minimum atomic E-state index is -4.52. The maximum absolute atomic E-state index is 12.5. The first kappa shape index (κ1) is 20.5. The lowest BCUT2D eigenvalue weighted by Crippen LogP contribution is -2.16. The van der Waals surface area contributed by atoms with E-state index in [4.69, 9.17) is 0 Å². The van der Waals surface area contributed by atoms with Crippen LogP contribution in [0.25, 0.3) is 5.65 Å². The maximum Gasteiger partial charge on any atom is 0.295 e. The number of benzene rings is 2. The molecule has 31 heavy (non-hydrogen) atoms. The minimum Gasteiger partial charge on any atom is -0.340 e. The highest BCUT2D eigenvalue weighted by molar-refractivity contribution is 7.86. The van der Waals surface area contributed by atoms with Gasteiger partial charge in [-0.15, -0.1) is 0 Å². The molecule has 4 aromatic rings. The summed E-state index contributed by atoms with van der Waals surface area (Å²) in [5, 5.41) is 10.2. The first-order valence-corrected chi connectivity index (χ1v) is 10.9. The molecule has 0 saturated carbocycles. The summed E-state index contributed by atoms with van der Waals surface area (Å²) in [5.41, 5.74) is 2.76. The summed E-state index contributed by atoms with van der Waals surface area (Å²) < 4.78 is 34.0. The van der Waals surface area contributed by atoms with Gasteiger partial charge in [-0.3, -0.25) is 9.35 Å². The summed E-state index contributed by atoms with van der Waals surface area (Å²) in [6.07, 6.45) is 2.46. The number of aromatic nitrogens is 3. The van der Waals surface area contributed by atoms with E-state index in [-0.39, 0.29) is 5.56 Å². The predicted molar refractivity (Wildman–Crippen MR) is 116 cm³/mol. The van der Waals surface area contributed by atoms with Crippen molar-refractivity contribution in [2.24, 2.45) is 0 Å². The highest BCUT2D eigenvalue weighted by atomic mass is 32.2. The fourth-order valence-corrected chi connectivity index (χ4v) is 3.79. The summed E-state index contributed by atoms with van der Waals surface area (Å²) in [4.78, 5) is 16.6. The Hall–Kier alpha value is -3.76. The molecule has 0 spiro atoms. The van der Waals surface area contributed by atoms with Gasteiger partial charge in [0.25, 0.3) is 16.0 Å². The number of hydrogen-bond acceptors (Lipinski definition) is 6. The predicted octanol–water partition coefficient (Wildman–Crippen LogP) is 3.53. The number of hydrogen-bond donors (Lipinski definition) is 3. The zero-order valence-corrected chi connectivity index (χ0v) is 17.3. The normalized spacial score (nSPS) is 11.4. The summed E-state index contributed by atoms with van der Waals surface area (Å²) in [6.45, 7) is 2.02. The number of fused-ring (bicyclic) bond motifs is 1. The minimum absolute atomic E-state index is 0.142. The van der Waals surface area contributed by atoms with Crippen LogP contribution in [-0.2, 0) is 16.5 Å². The quantitative estimate of drug-likeness (QED) is 0.394. The summed E-state index contributed by atoms with van der Waals surface area (Å²) >= 11 is 0. The van der Waals surface area contributed by atoms with E-state index < -0.39 is 20.9 Å². The van der Waals surface area contributed by atoms with Crippen LogP contribution in [0.5, 0.6) is 0 Å². The fourth-order valence-electron chi connectivity index (χ4n) is 3.10. The van der Waals surface area contributed by atoms with Gasteiger partial charge in [-0.25, -0.2) is 4.98 Å². The molecule has 3 N–H and O–H groups in total. The molecular weight excluding hydrogens is 418 g/mol. The van der Waals surface area contributed by atoms with E-state index in [1.165, 1.54) is 24.3 Å². The molecule has 158 valence electrons. The molecule has 0 saturated heterocycles. The van der Waals surface area contributed by atoms with Crippen molar-refractivity contribution in [3.05, 3.63) is 78.1 Å². The van der Waals surface area contributed by atoms with Gasteiger partial charge in [0, 0.05) is 29.2 Å². The zero-order chi connectivity index (χ0) is 22.0. The lowest BCUT2D eigenvalue weighted by molar-refractivity contribution is 0.102.